The molecule has 0 amide bonds. The van der Waals surface area contributed by atoms with Gasteiger partial charge in [-0.05, 0) is 42.3 Å². The van der Waals surface area contributed by atoms with Crippen molar-refractivity contribution in [1.82, 2.24) is 0 Å². The molecule has 0 bridgehead atoms. The van der Waals surface area contributed by atoms with Crippen LogP contribution in [0, 0.1) is 0 Å². The van der Waals surface area contributed by atoms with Gasteiger partial charge < -0.3 is 4.84 Å². The van der Waals surface area contributed by atoms with Crippen molar-refractivity contribution in [1.29, 1.82) is 0 Å². The Hall–Kier alpha value is -2.22. The molecule has 27 heavy (non-hydrogen) atoms. The molecular weight excluding hydrogens is 396 g/mol. The number of rotatable bonds is 5. The third kappa shape index (κ3) is 5.63. The Balaban J connectivity index is 2.19. The predicted octanol–water partition coefficient (Wildman–Crippen LogP) is 6.71. The van der Waals surface area contributed by atoms with Gasteiger partial charge in [-0.15, -0.1) is 0 Å². The molecule has 2 nitrogen and oxygen atoms in total. The number of benzene rings is 2. The van der Waals surface area contributed by atoms with Crippen molar-refractivity contribution in [2.24, 2.45) is 5.16 Å². The number of hydrogen-bond acceptors (Lipinski definition) is 2. The highest BCUT2D eigenvalue weighted by Crippen LogP contribution is 2.34. The Labute approximate surface area is 156 Å². The van der Waals surface area contributed by atoms with Gasteiger partial charge >= 0.3 is 12.4 Å². The highest BCUT2D eigenvalue weighted by molar-refractivity contribution is 6.31. The van der Waals surface area contributed by atoms with Gasteiger partial charge in [0.15, 0.2) is 0 Å². The Bertz CT molecular complexity index is 812. The number of oxime groups is 1. The van der Waals surface area contributed by atoms with Crippen LogP contribution < -0.4 is 0 Å². The fourth-order valence-corrected chi connectivity index (χ4v) is 2.45. The summed E-state index contributed by atoms with van der Waals surface area (Å²) in [5.41, 5.74) is -1.49. The summed E-state index contributed by atoms with van der Waals surface area (Å²) in [5, 5.41) is 3.84. The Morgan fingerprint density at radius 1 is 0.963 bits per heavy atom. The lowest BCUT2D eigenvalue weighted by Crippen LogP contribution is -2.13. The smallest absolute Gasteiger partial charge is 0.391 e. The van der Waals surface area contributed by atoms with E-state index in [0.717, 1.165) is 30.3 Å². The van der Waals surface area contributed by atoms with E-state index in [1.807, 2.05) is 0 Å². The summed E-state index contributed by atoms with van der Waals surface area (Å²) in [6, 6.07) is 7.34. The van der Waals surface area contributed by atoms with Crippen LogP contribution in [0.4, 0.5) is 26.3 Å². The maximum atomic E-state index is 13.2. The standard InChI is InChI=1S/C18H14ClF6NO/c1-2-16(14-9-13(19)7-8-15(14)18(23,24)25)26-27-10-11-3-5-12(6-4-11)17(20,21)22/h3-9H,2,10H2,1H3. The number of nitrogens with zero attached hydrogens (tertiary/aromatic N) is 1. The van der Waals surface area contributed by atoms with Crippen molar-refractivity contribution in [2.75, 3.05) is 0 Å². The van der Waals surface area contributed by atoms with Crippen LogP contribution in [0.15, 0.2) is 47.6 Å². The molecule has 2 aromatic rings. The molecular formula is C18H14ClF6NO. The molecule has 0 atom stereocenters. The van der Waals surface area contributed by atoms with Gasteiger partial charge in [0.25, 0.3) is 0 Å². The first-order valence-electron chi connectivity index (χ1n) is 7.74. The van der Waals surface area contributed by atoms with Crippen molar-refractivity contribution in [3.05, 3.63) is 69.7 Å². The van der Waals surface area contributed by atoms with Gasteiger partial charge in [-0.3, -0.25) is 0 Å². The van der Waals surface area contributed by atoms with Crippen LogP contribution in [0.3, 0.4) is 0 Å². The summed E-state index contributed by atoms with van der Waals surface area (Å²) in [7, 11) is 0. The van der Waals surface area contributed by atoms with E-state index in [2.05, 4.69) is 5.16 Å². The minimum Gasteiger partial charge on any atom is -0.391 e. The van der Waals surface area contributed by atoms with Gasteiger partial charge in [0.2, 0.25) is 0 Å². The van der Waals surface area contributed by atoms with Crippen LogP contribution in [0.2, 0.25) is 5.02 Å². The van der Waals surface area contributed by atoms with E-state index in [0.29, 0.717) is 5.56 Å². The van der Waals surface area contributed by atoms with Gasteiger partial charge in [-0.25, -0.2) is 0 Å². The van der Waals surface area contributed by atoms with Crippen molar-refractivity contribution in [3.63, 3.8) is 0 Å². The SMILES string of the molecule is CCC(=NOCc1ccc(C(F)(F)F)cc1)c1cc(Cl)ccc1C(F)(F)F. The van der Waals surface area contributed by atoms with Crippen LogP contribution in [0.25, 0.3) is 0 Å². The molecule has 0 aromatic heterocycles. The molecule has 0 aliphatic carbocycles. The summed E-state index contributed by atoms with van der Waals surface area (Å²) in [5.74, 6) is 0. The van der Waals surface area contributed by atoms with Gasteiger partial charge in [0, 0.05) is 10.6 Å². The van der Waals surface area contributed by atoms with Gasteiger partial charge in [0.05, 0.1) is 16.8 Å². The largest absolute Gasteiger partial charge is 0.417 e. The van der Waals surface area contributed by atoms with Crippen LogP contribution in [-0.4, -0.2) is 5.71 Å². The third-order valence-corrected chi connectivity index (χ3v) is 3.86. The zero-order chi connectivity index (χ0) is 20.2. The highest BCUT2D eigenvalue weighted by Gasteiger charge is 2.34. The maximum absolute atomic E-state index is 13.2. The molecule has 0 aliphatic heterocycles. The second kappa shape index (κ2) is 8.21. The average molecular weight is 410 g/mol. The Morgan fingerprint density at radius 3 is 2.11 bits per heavy atom. The molecule has 0 saturated heterocycles. The second-order valence-electron chi connectivity index (χ2n) is 5.55. The fraction of sp³-hybridized carbons (Fsp3) is 0.278. The normalized spacial score (nSPS) is 13.0. The molecule has 0 radical (unpaired) electrons. The summed E-state index contributed by atoms with van der Waals surface area (Å²) < 4.78 is 77.1. The lowest BCUT2D eigenvalue weighted by molar-refractivity contribution is -0.138. The molecule has 2 rings (SSSR count). The summed E-state index contributed by atoms with van der Waals surface area (Å²) in [4.78, 5) is 5.06. The van der Waals surface area contributed by atoms with E-state index in [4.69, 9.17) is 16.4 Å². The van der Waals surface area contributed by atoms with Crippen molar-refractivity contribution < 1.29 is 31.2 Å². The second-order valence-corrected chi connectivity index (χ2v) is 5.98. The molecule has 0 saturated carbocycles. The molecule has 0 fully saturated rings. The molecule has 0 spiro atoms. The van der Waals surface area contributed by atoms with Gasteiger partial charge in [-0.1, -0.05) is 35.8 Å². The maximum Gasteiger partial charge on any atom is 0.417 e. The first kappa shape index (κ1) is 21.1. The van der Waals surface area contributed by atoms with Crippen LogP contribution in [0.5, 0.6) is 0 Å². The topological polar surface area (TPSA) is 21.6 Å². The quantitative estimate of drug-likeness (QED) is 0.305. The molecule has 0 heterocycles. The van der Waals surface area contributed by atoms with Crippen molar-refractivity contribution >= 4 is 17.3 Å². The van der Waals surface area contributed by atoms with E-state index in [9.17, 15) is 26.3 Å². The summed E-state index contributed by atoms with van der Waals surface area (Å²) in [6.07, 6.45) is -8.91. The van der Waals surface area contributed by atoms with Crippen LogP contribution in [-0.2, 0) is 23.8 Å². The monoisotopic (exact) mass is 409 g/mol. The minimum atomic E-state index is -4.59. The van der Waals surface area contributed by atoms with Crippen molar-refractivity contribution in [2.45, 2.75) is 32.3 Å². The predicted molar refractivity (Wildman–Crippen MR) is 89.5 cm³/mol. The fourth-order valence-electron chi connectivity index (χ4n) is 2.28. The van der Waals surface area contributed by atoms with E-state index >= 15 is 0 Å². The number of alkyl halides is 6. The molecule has 2 aromatic carbocycles. The lowest BCUT2D eigenvalue weighted by Gasteiger charge is -2.14. The van der Waals surface area contributed by atoms with E-state index in [-0.39, 0.29) is 29.3 Å². The molecule has 146 valence electrons. The molecule has 0 N–H and O–H groups in total. The molecule has 0 aliphatic rings. The zero-order valence-electron chi connectivity index (χ0n) is 14.0. The van der Waals surface area contributed by atoms with Crippen LogP contribution in [0.1, 0.15) is 35.6 Å². The minimum absolute atomic E-state index is 0.0248. The number of hydrogen-bond donors (Lipinski definition) is 0. The van der Waals surface area contributed by atoms with Crippen LogP contribution >= 0.6 is 11.6 Å². The summed E-state index contributed by atoms with van der Waals surface area (Å²) in [6.45, 7) is 1.41. The van der Waals surface area contributed by atoms with E-state index in [1.54, 1.807) is 6.92 Å². The molecule has 9 heteroatoms. The number of halogens is 7. The highest BCUT2D eigenvalue weighted by atomic mass is 35.5. The molecule has 0 unspecified atom stereocenters. The first-order valence-corrected chi connectivity index (χ1v) is 8.12. The first-order chi connectivity index (χ1) is 12.5. The lowest BCUT2D eigenvalue weighted by atomic mass is 10.0. The Morgan fingerprint density at radius 2 is 1.59 bits per heavy atom. The Kier molecular flexibility index (Phi) is 6.41. The van der Waals surface area contributed by atoms with E-state index < -0.39 is 23.5 Å². The summed E-state index contributed by atoms with van der Waals surface area (Å²) >= 11 is 5.79. The van der Waals surface area contributed by atoms with E-state index in [1.165, 1.54) is 12.1 Å². The van der Waals surface area contributed by atoms with Gasteiger partial charge in [0.1, 0.15) is 6.61 Å². The average Bonchev–Trinajstić information content (AvgIpc) is 2.57. The van der Waals surface area contributed by atoms with Crippen molar-refractivity contribution in [3.8, 4) is 0 Å². The third-order valence-electron chi connectivity index (χ3n) is 3.62. The zero-order valence-corrected chi connectivity index (χ0v) is 14.7. The van der Waals surface area contributed by atoms with Gasteiger partial charge in [-0.2, -0.15) is 26.3 Å².